The highest BCUT2D eigenvalue weighted by atomic mass is 16.5. The SMILES string of the molecule is CCOCCCN=C(NCCCCOC)NCCOC. The Labute approximate surface area is 123 Å². The molecule has 0 heterocycles. The van der Waals surface area contributed by atoms with Crippen LogP contribution in [0.25, 0.3) is 0 Å². The summed E-state index contributed by atoms with van der Waals surface area (Å²) in [5.74, 6) is 0.843. The fourth-order valence-corrected chi connectivity index (χ4v) is 1.53. The van der Waals surface area contributed by atoms with E-state index in [9.17, 15) is 0 Å². The second-order valence-electron chi connectivity index (χ2n) is 4.33. The molecule has 0 aromatic carbocycles. The van der Waals surface area contributed by atoms with Gasteiger partial charge < -0.3 is 24.8 Å². The summed E-state index contributed by atoms with van der Waals surface area (Å²) >= 11 is 0. The van der Waals surface area contributed by atoms with E-state index in [1.54, 1.807) is 14.2 Å². The molecule has 0 saturated carbocycles. The van der Waals surface area contributed by atoms with E-state index in [0.717, 1.165) is 64.7 Å². The molecule has 2 N–H and O–H groups in total. The second kappa shape index (κ2) is 16.2. The van der Waals surface area contributed by atoms with Crippen molar-refractivity contribution in [3.05, 3.63) is 0 Å². The molecule has 0 atom stereocenters. The lowest BCUT2D eigenvalue weighted by molar-refractivity contribution is 0.146. The summed E-state index contributed by atoms with van der Waals surface area (Å²) in [6.07, 6.45) is 3.06. The fourth-order valence-electron chi connectivity index (χ4n) is 1.53. The number of nitrogens with zero attached hydrogens (tertiary/aromatic N) is 1. The number of guanidine groups is 1. The number of rotatable bonds is 13. The molecule has 0 radical (unpaired) electrons. The van der Waals surface area contributed by atoms with E-state index in [-0.39, 0.29) is 0 Å². The summed E-state index contributed by atoms with van der Waals surface area (Å²) in [5, 5.41) is 6.56. The third-order valence-corrected chi connectivity index (χ3v) is 2.59. The lowest BCUT2D eigenvalue weighted by Crippen LogP contribution is -2.39. The van der Waals surface area contributed by atoms with Gasteiger partial charge in [0, 0.05) is 53.7 Å². The van der Waals surface area contributed by atoms with Gasteiger partial charge in [-0.2, -0.15) is 0 Å². The molecule has 6 heteroatoms. The first-order chi connectivity index (χ1) is 9.85. The van der Waals surface area contributed by atoms with E-state index in [4.69, 9.17) is 14.2 Å². The highest BCUT2D eigenvalue weighted by Gasteiger charge is 1.97. The molecule has 0 rings (SSSR count). The molecule has 0 aliphatic rings. The molecule has 0 aliphatic carbocycles. The minimum atomic E-state index is 0.670. The summed E-state index contributed by atoms with van der Waals surface area (Å²) in [6.45, 7) is 7.42. The van der Waals surface area contributed by atoms with E-state index < -0.39 is 0 Å². The van der Waals surface area contributed by atoms with E-state index in [1.165, 1.54) is 0 Å². The normalized spacial score (nSPS) is 11.7. The Hall–Kier alpha value is -0.850. The maximum Gasteiger partial charge on any atom is 0.191 e. The fraction of sp³-hybridized carbons (Fsp3) is 0.929. The molecule has 120 valence electrons. The van der Waals surface area contributed by atoms with E-state index in [1.807, 2.05) is 6.92 Å². The van der Waals surface area contributed by atoms with Crippen LogP contribution in [0.4, 0.5) is 0 Å². The lowest BCUT2D eigenvalue weighted by atomic mass is 10.3. The molecule has 0 aliphatic heterocycles. The molecule has 0 aromatic rings. The predicted molar refractivity (Wildman–Crippen MR) is 82.4 cm³/mol. The Morgan fingerprint density at radius 3 is 2.35 bits per heavy atom. The molecule has 0 amide bonds. The molecule has 0 unspecified atom stereocenters. The third-order valence-electron chi connectivity index (χ3n) is 2.59. The van der Waals surface area contributed by atoms with Gasteiger partial charge in [-0.1, -0.05) is 0 Å². The Balaban J connectivity index is 3.82. The van der Waals surface area contributed by atoms with Crippen molar-refractivity contribution in [3.63, 3.8) is 0 Å². The molecule has 6 nitrogen and oxygen atoms in total. The van der Waals surface area contributed by atoms with Crippen LogP contribution in [0.2, 0.25) is 0 Å². The zero-order chi connectivity index (χ0) is 14.9. The van der Waals surface area contributed by atoms with Crippen molar-refractivity contribution in [2.75, 3.05) is 60.3 Å². The average Bonchev–Trinajstić information content (AvgIpc) is 2.46. The standard InChI is InChI=1S/C14H31N3O3/c1-4-20-12-7-9-16-14(17-10-13-19-3)15-8-5-6-11-18-2/h4-13H2,1-3H3,(H2,15,16,17). The van der Waals surface area contributed by atoms with Gasteiger partial charge in [-0.15, -0.1) is 0 Å². The van der Waals surface area contributed by atoms with Gasteiger partial charge in [0.15, 0.2) is 5.96 Å². The van der Waals surface area contributed by atoms with Crippen molar-refractivity contribution in [1.29, 1.82) is 0 Å². The highest BCUT2D eigenvalue weighted by Crippen LogP contribution is 1.88. The van der Waals surface area contributed by atoms with Gasteiger partial charge in [0.2, 0.25) is 0 Å². The van der Waals surface area contributed by atoms with Crippen molar-refractivity contribution in [2.24, 2.45) is 4.99 Å². The minimum absolute atomic E-state index is 0.670. The average molecular weight is 289 g/mol. The first kappa shape index (κ1) is 19.1. The summed E-state index contributed by atoms with van der Waals surface area (Å²) in [7, 11) is 3.42. The molecule has 0 spiro atoms. The molecule has 0 fully saturated rings. The highest BCUT2D eigenvalue weighted by molar-refractivity contribution is 5.79. The first-order valence-electron chi connectivity index (χ1n) is 7.43. The molecular formula is C14H31N3O3. The van der Waals surface area contributed by atoms with Crippen LogP contribution in [0.1, 0.15) is 26.2 Å². The van der Waals surface area contributed by atoms with Crippen molar-refractivity contribution < 1.29 is 14.2 Å². The van der Waals surface area contributed by atoms with Crippen LogP contribution in [0, 0.1) is 0 Å². The van der Waals surface area contributed by atoms with Crippen molar-refractivity contribution in [1.82, 2.24) is 10.6 Å². The van der Waals surface area contributed by atoms with E-state index in [0.29, 0.717) is 6.61 Å². The maximum absolute atomic E-state index is 5.30. The van der Waals surface area contributed by atoms with E-state index in [2.05, 4.69) is 15.6 Å². The summed E-state index contributed by atoms with van der Waals surface area (Å²) in [4.78, 5) is 4.51. The maximum atomic E-state index is 5.30. The number of ether oxygens (including phenoxy) is 3. The van der Waals surface area contributed by atoms with Gasteiger partial charge in [-0.25, -0.2) is 0 Å². The van der Waals surface area contributed by atoms with Gasteiger partial charge in [-0.05, 0) is 26.2 Å². The van der Waals surface area contributed by atoms with Gasteiger partial charge in [0.1, 0.15) is 0 Å². The summed E-state index contributed by atoms with van der Waals surface area (Å²) < 4.78 is 15.3. The van der Waals surface area contributed by atoms with Crippen LogP contribution in [0.15, 0.2) is 4.99 Å². The topological polar surface area (TPSA) is 64.1 Å². The van der Waals surface area contributed by atoms with Crippen LogP contribution < -0.4 is 10.6 Å². The lowest BCUT2D eigenvalue weighted by Gasteiger charge is -2.12. The number of hydrogen-bond donors (Lipinski definition) is 2. The largest absolute Gasteiger partial charge is 0.385 e. The van der Waals surface area contributed by atoms with Crippen LogP contribution in [0.3, 0.4) is 0 Å². The van der Waals surface area contributed by atoms with Gasteiger partial charge in [0.05, 0.1) is 6.61 Å². The number of hydrogen-bond acceptors (Lipinski definition) is 4. The monoisotopic (exact) mass is 289 g/mol. The Morgan fingerprint density at radius 1 is 0.900 bits per heavy atom. The minimum Gasteiger partial charge on any atom is -0.385 e. The Kier molecular flexibility index (Phi) is 15.5. The van der Waals surface area contributed by atoms with Crippen LogP contribution in [0.5, 0.6) is 0 Å². The summed E-state index contributed by atoms with van der Waals surface area (Å²) in [6, 6.07) is 0. The molecule has 0 aromatic heterocycles. The van der Waals surface area contributed by atoms with Crippen molar-refractivity contribution >= 4 is 5.96 Å². The van der Waals surface area contributed by atoms with Crippen LogP contribution >= 0.6 is 0 Å². The quantitative estimate of drug-likeness (QED) is 0.301. The van der Waals surface area contributed by atoms with Crippen molar-refractivity contribution in [3.8, 4) is 0 Å². The predicted octanol–water partition coefficient (Wildman–Crippen LogP) is 1.02. The molecule has 20 heavy (non-hydrogen) atoms. The smallest absolute Gasteiger partial charge is 0.191 e. The number of methoxy groups -OCH3 is 2. The number of nitrogens with one attached hydrogen (secondary N) is 2. The second-order valence-corrected chi connectivity index (χ2v) is 4.33. The first-order valence-corrected chi connectivity index (χ1v) is 7.43. The number of aliphatic imine (C=N–C) groups is 1. The van der Waals surface area contributed by atoms with Crippen molar-refractivity contribution in [2.45, 2.75) is 26.2 Å². The molecule has 0 saturated heterocycles. The zero-order valence-electron chi connectivity index (χ0n) is 13.2. The van der Waals surface area contributed by atoms with Gasteiger partial charge in [-0.3, -0.25) is 4.99 Å². The van der Waals surface area contributed by atoms with Gasteiger partial charge >= 0.3 is 0 Å². The summed E-state index contributed by atoms with van der Waals surface area (Å²) in [5.41, 5.74) is 0. The number of unbranched alkanes of at least 4 members (excludes halogenated alkanes) is 1. The molecule has 0 bridgehead atoms. The third kappa shape index (κ3) is 13.6. The zero-order valence-corrected chi connectivity index (χ0v) is 13.2. The van der Waals surface area contributed by atoms with Gasteiger partial charge in [0.25, 0.3) is 0 Å². The Bertz CT molecular complexity index is 226. The van der Waals surface area contributed by atoms with E-state index >= 15 is 0 Å². The van der Waals surface area contributed by atoms with Crippen LogP contribution in [-0.4, -0.2) is 66.2 Å². The molecular weight excluding hydrogens is 258 g/mol. The van der Waals surface area contributed by atoms with Crippen LogP contribution in [-0.2, 0) is 14.2 Å². The Morgan fingerprint density at radius 2 is 1.65 bits per heavy atom.